The highest BCUT2D eigenvalue weighted by molar-refractivity contribution is 5.89. The molecule has 6 nitrogen and oxygen atoms in total. The summed E-state index contributed by atoms with van der Waals surface area (Å²) in [5.74, 6) is 0.460. The van der Waals surface area contributed by atoms with Crippen molar-refractivity contribution in [3.63, 3.8) is 0 Å². The largest absolute Gasteiger partial charge is 0.497 e. The minimum atomic E-state index is -0.683. The van der Waals surface area contributed by atoms with E-state index in [1.54, 1.807) is 62.6 Å². The second kappa shape index (κ2) is 6.54. The molecule has 1 heterocycles. The Morgan fingerprint density at radius 3 is 2.54 bits per heavy atom. The van der Waals surface area contributed by atoms with Gasteiger partial charge in [-0.25, -0.2) is 9.78 Å². The van der Waals surface area contributed by atoms with Crippen LogP contribution >= 0.6 is 0 Å². The van der Waals surface area contributed by atoms with Gasteiger partial charge < -0.3 is 14.5 Å². The fourth-order valence-electron chi connectivity index (χ4n) is 2.31. The van der Waals surface area contributed by atoms with Gasteiger partial charge in [-0.05, 0) is 43.3 Å². The Kier molecular flexibility index (Phi) is 4.29. The van der Waals surface area contributed by atoms with E-state index in [4.69, 9.17) is 9.47 Å². The monoisotopic (exact) mass is 324 g/mol. The van der Waals surface area contributed by atoms with Crippen molar-refractivity contribution in [3.8, 4) is 5.75 Å². The Bertz CT molecular complexity index is 932. The summed E-state index contributed by atoms with van der Waals surface area (Å²) >= 11 is 0. The van der Waals surface area contributed by atoms with E-state index >= 15 is 0 Å². The molecule has 0 spiro atoms. The molecule has 24 heavy (non-hydrogen) atoms. The number of H-pyrrole nitrogens is 1. The lowest BCUT2D eigenvalue weighted by molar-refractivity contribution is 0.0320. The van der Waals surface area contributed by atoms with Crippen LogP contribution in [0, 0.1) is 0 Å². The van der Waals surface area contributed by atoms with Gasteiger partial charge in [-0.3, -0.25) is 4.79 Å². The molecule has 0 radical (unpaired) electrons. The predicted octanol–water partition coefficient (Wildman–Crippen LogP) is 2.85. The molecule has 3 aromatic rings. The quantitative estimate of drug-likeness (QED) is 0.746. The molecule has 1 atom stereocenters. The minimum Gasteiger partial charge on any atom is -0.497 e. The summed E-state index contributed by atoms with van der Waals surface area (Å²) in [6.45, 7) is 1.66. The maximum atomic E-state index is 12.2. The van der Waals surface area contributed by atoms with Crippen molar-refractivity contribution >= 4 is 16.9 Å². The average Bonchev–Trinajstić information content (AvgIpc) is 2.61. The first kappa shape index (κ1) is 15.7. The standard InChI is InChI=1S/C18H16N2O4/c1-11(24-18(22)12-7-9-13(23-2)10-8-12)16-19-15-6-4-3-5-14(15)17(21)20-16/h3-11H,1-2H3,(H,19,20,21)/t11-/m0/s1. The molecule has 0 unspecified atom stereocenters. The number of rotatable bonds is 4. The smallest absolute Gasteiger partial charge is 0.338 e. The number of carbonyl (C=O) groups is 1. The second-order valence-corrected chi connectivity index (χ2v) is 5.24. The summed E-state index contributed by atoms with van der Waals surface area (Å²) in [5, 5.41) is 0.495. The van der Waals surface area contributed by atoms with Gasteiger partial charge in [0.2, 0.25) is 0 Å². The van der Waals surface area contributed by atoms with Crippen LogP contribution in [0.15, 0.2) is 53.3 Å². The number of hydrogen-bond donors (Lipinski definition) is 1. The first-order valence-corrected chi connectivity index (χ1v) is 7.42. The fraction of sp³-hybridized carbons (Fsp3) is 0.167. The van der Waals surface area contributed by atoms with Crippen molar-refractivity contribution in [1.29, 1.82) is 0 Å². The zero-order chi connectivity index (χ0) is 17.1. The van der Waals surface area contributed by atoms with Crippen LogP contribution in [-0.2, 0) is 4.74 Å². The molecule has 1 aromatic heterocycles. The number of carbonyl (C=O) groups excluding carboxylic acids is 1. The maximum absolute atomic E-state index is 12.2. The molecule has 0 saturated heterocycles. The van der Waals surface area contributed by atoms with Gasteiger partial charge in [-0.15, -0.1) is 0 Å². The number of para-hydroxylation sites is 1. The number of methoxy groups -OCH3 is 1. The highest BCUT2D eigenvalue weighted by Gasteiger charge is 2.17. The highest BCUT2D eigenvalue weighted by Crippen LogP contribution is 2.18. The highest BCUT2D eigenvalue weighted by atomic mass is 16.5. The molecule has 0 bridgehead atoms. The lowest BCUT2D eigenvalue weighted by atomic mass is 10.2. The van der Waals surface area contributed by atoms with Gasteiger partial charge in [0.25, 0.3) is 5.56 Å². The fourth-order valence-corrected chi connectivity index (χ4v) is 2.31. The van der Waals surface area contributed by atoms with Crippen LogP contribution < -0.4 is 10.3 Å². The summed E-state index contributed by atoms with van der Waals surface area (Å²) in [4.78, 5) is 31.3. The van der Waals surface area contributed by atoms with E-state index in [1.165, 1.54) is 0 Å². The number of esters is 1. The maximum Gasteiger partial charge on any atom is 0.338 e. The van der Waals surface area contributed by atoms with Gasteiger partial charge >= 0.3 is 5.97 Å². The van der Waals surface area contributed by atoms with Gasteiger partial charge in [0.1, 0.15) is 5.75 Å². The molecular weight excluding hydrogens is 308 g/mol. The van der Waals surface area contributed by atoms with Gasteiger partial charge in [0.05, 0.1) is 23.6 Å². The summed E-state index contributed by atoms with van der Waals surface area (Å²) in [5.41, 5.74) is 0.692. The third-order valence-corrected chi connectivity index (χ3v) is 3.63. The number of ether oxygens (including phenoxy) is 2. The topological polar surface area (TPSA) is 81.3 Å². The summed E-state index contributed by atoms with van der Waals surface area (Å²) in [6.07, 6.45) is -0.683. The van der Waals surface area contributed by atoms with Gasteiger partial charge in [0, 0.05) is 0 Å². The van der Waals surface area contributed by atoms with Crippen LogP contribution in [0.4, 0.5) is 0 Å². The average molecular weight is 324 g/mol. The van der Waals surface area contributed by atoms with E-state index in [-0.39, 0.29) is 5.56 Å². The number of aromatic amines is 1. The van der Waals surface area contributed by atoms with Crippen LogP contribution in [0.1, 0.15) is 29.2 Å². The van der Waals surface area contributed by atoms with Crippen molar-refractivity contribution in [1.82, 2.24) is 9.97 Å². The molecular formula is C18H16N2O4. The number of nitrogens with one attached hydrogen (secondary N) is 1. The van der Waals surface area contributed by atoms with Gasteiger partial charge in [0.15, 0.2) is 11.9 Å². The molecule has 6 heteroatoms. The SMILES string of the molecule is COc1ccc(C(=O)O[C@@H](C)c2nc3ccccc3c(=O)[nH]2)cc1. The Hall–Kier alpha value is -3.15. The molecule has 0 saturated carbocycles. The zero-order valence-corrected chi connectivity index (χ0v) is 13.3. The van der Waals surface area contributed by atoms with Crippen molar-refractivity contribution in [3.05, 3.63) is 70.3 Å². The molecule has 0 fully saturated rings. The van der Waals surface area contributed by atoms with E-state index in [2.05, 4.69) is 9.97 Å². The zero-order valence-electron chi connectivity index (χ0n) is 13.3. The van der Waals surface area contributed by atoms with Crippen molar-refractivity contribution in [2.24, 2.45) is 0 Å². The Labute approximate surface area is 138 Å². The van der Waals surface area contributed by atoms with E-state index in [1.807, 2.05) is 0 Å². The van der Waals surface area contributed by atoms with Crippen LogP contribution in [-0.4, -0.2) is 23.0 Å². The Morgan fingerprint density at radius 1 is 1.12 bits per heavy atom. The Morgan fingerprint density at radius 2 is 1.83 bits per heavy atom. The molecule has 0 amide bonds. The summed E-state index contributed by atoms with van der Waals surface area (Å²) in [7, 11) is 1.55. The van der Waals surface area contributed by atoms with E-state index in [0.29, 0.717) is 28.0 Å². The van der Waals surface area contributed by atoms with Crippen molar-refractivity contribution in [2.75, 3.05) is 7.11 Å². The lowest BCUT2D eigenvalue weighted by Crippen LogP contribution is -2.17. The molecule has 0 aliphatic carbocycles. The third-order valence-electron chi connectivity index (χ3n) is 3.63. The summed E-state index contributed by atoms with van der Waals surface area (Å²) in [6, 6.07) is 13.6. The van der Waals surface area contributed by atoms with Crippen LogP contribution in [0.5, 0.6) is 5.75 Å². The molecule has 122 valence electrons. The normalized spacial score (nSPS) is 11.9. The molecule has 0 aliphatic heterocycles. The van der Waals surface area contributed by atoms with Crippen LogP contribution in [0.2, 0.25) is 0 Å². The summed E-state index contributed by atoms with van der Waals surface area (Å²) < 4.78 is 10.4. The number of hydrogen-bond acceptors (Lipinski definition) is 5. The van der Waals surface area contributed by atoms with E-state index < -0.39 is 12.1 Å². The first-order chi connectivity index (χ1) is 11.6. The van der Waals surface area contributed by atoms with Crippen LogP contribution in [0.3, 0.4) is 0 Å². The first-order valence-electron chi connectivity index (χ1n) is 7.42. The lowest BCUT2D eigenvalue weighted by Gasteiger charge is -2.13. The second-order valence-electron chi connectivity index (χ2n) is 5.24. The third kappa shape index (κ3) is 3.12. The molecule has 2 aromatic carbocycles. The number of aromatic nitrogens is 2. The van der Waals surface area contributed by atoms with Crippen LogP contribution in [0.25, 0.3) is 10.9 Å². The minimum absolute atomic E-state index is 0.261. The van der Waals surface area contributed by atoms with Gasteiger partial charge in [-0.1, -0.05) is 12.1 Å². The number of fused-ring (bicyclic) bond motifs is 1. The Balaban J connectivity index is 1.82. The van der Waals surface area contributed by atoms with Crippen molar-refractivity contribution in [2.45, 2.75) is 13.0 Å². The van der Waals surface area contributed by atoms with Gasteiger partial charge in [-0.2, -0.15) is 0 Å². The molecule has 3 rings (SSSR count). The molecule has 0 aliphatic rings. The van der Waals surface area contributed by atoms with Crippen molar-refractivity contribution < 1.29 is 14.3 Å². The number of benzene rings is 2. The molecule has 1 N–H and O–H groups in total. The van der Waals surface area contributed by atoms with E-state index in [0.717, 1.165) is 0 Å². The predicted molar refractivity (Wildman–Crippen MR) is 89.2 cm³/mol. The van der Waals surface area contributed by atoms with E-state index in [9.17, 15) is 9.59 Å². The number of nitrogens with zero attached hydrogens (tertiary/aromatic N) is 1.